The average molecular weight is 561 g/mol. The number of aromatic nitrogens is 1. The number of alkyl halides is 1. The molecule has 2 amide bonds. The number of para-hydroxylation sites is 1. The molecular formula is C30H23ClF2N4O3. The topological polar surface area (TPSA) is 95.2 Å². The lowest BCUT2D eigenvalue weighted by Crippen LogP contribution is -2.44. The number of benzene rings is 3. The van der Waals surface area contributed by atoms with Crippen LogP contribution in [0, 0.1) is 17.1 Å². The molecule has 1 aromatic heterocycles. The molecule has 10 heteroatoms. The molecule has 3 aromatic carbocycles. The molecule has 40 heavy (non-hydrogen) atoms. The molecule has 5 rings (SSSR count). The van der Waals surface area contributed by atoms with E-state index in [1.165, 1.54) is 29.8 Å². The van der Waals surface area contributed by atoms with Gasteiger partial charge in [0.05, 0.1) is 23.3 Å². The second-order valence-electron chi connectivity index (χ2n) is 9.57. The standard InChI is InChI=1S/C30H23ClF2N4O3/c1-17(38)23-15-36(29-18(13-34)6-4-9-22(23)29)16-27(39)37-14-19(32)12-26(37)30(40)35-25-11-5-8-21(28(25)33)20-7-2-3-10-24(20)31/h2-11,15,19,26H,12,14,16H2,1H3,(H,35,40). The summed E-state index contributed by atoms with van der Waals surface area (Å²) < 4.78 is 31.4. The molecule has 1 N–H and O–H groups in total. The number of halogens is 3. The van der Waals surface area contributed by atoms with Crippen LogP contribution in [0.2, 0.25) is 5.02 Å². The Kier molecular flexibility index (Phi) is 7.37. The van der Waals surface area contributed by atoms with Crippen LogP contribution in [0.4, 0.5) is 14.5 Å². The summed E-state index contributed by atoms with van der Waals surface area (Å²) >= 11 is 6.22. The summed E-state index contributed by atoms with van der Waals surface area (Å²) in [6.07, 6.45) is -0.222. The minimum Gasteiger partial charge on any atom is -0.336 e. The Bertz CT molecular complexity index is 1710. The summed E-state index contributed by atoms with van der Waals surface area (Å²) in [5.74, 6) is -2.26. The largest absolute Gasteiger partial charge is 0.336 e. The van der Waals surface area contributed by atoms with Gasteiger partial charge in [-0.1, -0.05) is 54.1 Å². The van der Waals surface area contributed by atoms with Crippen molar-refractivity contribution in [1.82, 2.24) is 9.47 Å². The van der Waals surface area contributed by atoms with Crippen LogP contribution in [0.1, 0.15) is 29.3 Å². The highest BCUT2D eigenvalue weighted by Gasteiger charge is 2.40. The molecule has 1 fully saturated rings. The Morgan fingerprint density at radius 3 is 2.52 bits per heavy atom. The molecule has 0 radical (unpaired) electrons. The van der Waals surface area contributed by atoms with Crippen LogP contribution in [0.5, 0.6) is 0 Å². The first-order valence-corrected chi connectivity index (χ1v) is 12.9. The van der Waals surface area contributed by atoms with Crippen molar-refractivity contribution in [3.63, 3.8) is 0 Å². The zero-order chi connectivity index (χ0) is 28.6. The zero-order valence-corrected chi connectivity index (χ0v) is 22.1. The number of rotatable bonds is 6. The summed E-state index contributed by atoms with van der Waals surface area (Å²) in [6.45, 7) is 0.743. The van der Waals surface area contributed by atoms with Gasteiger partial charge in [0, 0.05) is 39.7 Å². The van der Waals surface area contributed by atoms with E-state index in [0.29, 0.717) is 27.1 Å². The summed E-state index contributed by atoms with van der Waals surface area (Å²) in [5, 5.41) is 13.0. The Balaban J connectivity index is 1.41. The fourth-order valence-electron chi connectivity index (χ4n) is 5.13. The number of Topliss-reactive ketones (excluding diaryl/α,β-unsaturated/α-hetero) is 1. The minimum absolute atomic E-state index is 0.127. The Labute approximate surface area is 233 Å². The molecule has 0 spiro atoms. The molecule has 2 atom stereocenters. The molecule has 2 heterocycles. The average Bonchev–Trinajstić information content (AvgIpc) is 3.51. The zero-order valence-electron chi connectivity index (χ0n) is 21.3. The van der Waals surface area contributed by atoms with Crippen LogP contribution in [0.25, 0.3) is 22.0 Å². The number of amides is 2. The van der Waals surface area contributed by atoms with E-state index in [1.807, 2.05) is 0 Å². The maximum absolute atomic E-state index is 15.4. The van der Waals surface area contributed by atoms with E-state index in [2.05, 4.69) is 11.4 Å². The molecule has 0 bridgehead atoms. The highest BCUT2D eigenvalue weighted by Crippen LogP contribution is 2.33. The van der Waals surface area contributed by atoms with Gasteiger partial charge in [-0.25, -0.2) is 8.78 Å². The van der Waals surface area contributed by atoms with Crippen molar-refractivity contribution >= 4 is 45.8 Å². The third-order valence-corrected chi connectivity index (χ3v) is 7.33. The molecule has 0 aliphatic carbocycles. The molecule has 202 valence electrons. The fraction of sp³-hybridized carbons (Fsp3) is 0.200. The predicted octanol–water partition coefficient (Wildman–Crippen LogP) is 5.75. The van der Waals surface area contributed by atoms with E-state index in [1.54, 1.807) is 48.5 Å². The smallest absolute Gasteiger partial charge is 0.247 e. The van der Waals surface area contributed by atoms with Crippen molar-refractivity contribution in [2.45, 2.75) is 32.1 Å². The first kappa shape index (κ1) is 27.0. The van der Waals surface area contributed by atoms with Crippen molar-refractivity contribution in [1.29, 1.82) is 5.26 Å². The minimum atomic E-state index is -1.46. The van der Waals surface area contributed by atoms with Crippen LogP contribution in [0.15, 0.2) is 66.9 Å². The maximum Gasteiger partial charge on any atom is 0.247 e. The van der Waals surface area contributed by atoms with Crippen molar-refractivity contribution in [3.8, 4) is 17.2 Å². The Morgan fingerprint density at radius 1 is 1.07 bits per heavy atom. The number of carbonyl (C=O) groups excluding carboxylic acids is 3. The third kappa shape index (κ3) is 4.94. The molecule has 0 saturated carbocycles. The number of hydrogen-bond acceptors (Lipinski definition) is 4. The third-order valence-electron chi connectivity index (χ3n) is 7.00. The van der Waals surface area contributed by atoms with Gasteiger partial charge in [-0.15, -0.1) is 0 Å². The van der Waals surface area contributed by atoms with Crippen molar-refractivity contribution in [2.24, 2.45) is 0 Å². The van der Waals surface area contributed by atoms with Crippen LogP contribution in [0.3, 0.4) is 0 Å². The fourth-order valence-corrected chi connectivity index (χ4v) is 5.37. The molecule has 1 saturated heterocycles. The van der Waals surface area contributed by atoms with Gasteiger partial charge >= 0.3 is 0 Å². The van der Waals surface area contributed by atoms with Gasteiger partial charge in [0.15, 0.2) is 11.6 Å². The summed E-state index contributed by atoms with van der Waals surface area (Å²) in [5.41, 5.74) is 1.51. The van der Waals surface area contributed by atoms with Gasteiger partial charge < -0.3 is 14.8 Å². The first-order chi connectivity index (χ1) is 19.2. The number of anilines is 1. The van der Waals surface area contributed by atoms with Crippen LogP contribution in [-0.2, 0) is 16.1 Å². The van der Waals surface area contributed by atoms with Gasteiger partial charge in [-0.05, 0) is 25.1 Å². The molecule has 2 unspecified atom stereocenters. The Morgan fingerprint density at radius 2 is 1.80 bits per heavy atom. The second kappa shape index (κ2) is 10.9. The number of fused-ring (bicyclic) bond motifs is 1. The van der Waals surface area contributed by atoms with Crippen molar-refractivity contribution in [3.05, 3.63) is 88.8 Å². The molecule has 7 nitrogen and oxygen atoms in total. The number of hydrogen-bond donors (Lipinski definition) is 1. The molecule has 1 aliphatic heterocycles. The molecule has 4 aromatic rings. The van der Waals surface area contributed by atoms with Gasteiger partial charge in [-0.3, -0.25) is 14.4 Å². The van der Waals surface area contributed by atoms with Crippen LogP contribution in [-0.4, -0.2) is 45.8 Å². The van der Waals surface area contributed by atoms with E-state index in [-0.39, 0.29) is 42.1 Å². The summed E-state index contributed by atoms with van der Waals surface area (Å²) in [6, 6.07) is 16.9. The maximum atomic E-state index is 15.4. The SMILES string of the molecule is CC(=O)c1cn(CC(=O)N2CC(F)CC2C(=O)Nc2cccc(-c3ccccc3Cl)c2F)c2c(C#N)cccc12. The summed E-state index contributed by atoms with van der Waals surface area (Å²) in [4.78, 5) is 40.0. The number of nitrogens with one attached hydrogen (secondary N) is 1. The normalized spacial score (nSPS) is 16.6. The number of likely N-dealkylation sites (tertiary alicyclic amines) is 1. The van der Waals surface area contributed by atoms with E-state index >= 15 is 4.39 Å². The van der Waals surface area contributed by atoms with E-state index in [4.69, 9.17) is 11.6 Å². The lowest BCUT2D eigenvalue weighted by Gasteiger charge is -2.24. The van der Waals surface area contributed by atoms with Gasteiger partial charge in [0.1, 0.15) is 24.8 Å². The number of nitrogens with zero attached hydrogens (tertiary/aromatic N) is 3. The highest BCUT2D eigenvalue weighted by atomic mass is 35.5. The quantitative estimate of drug-likeness (QED) is 0.304. The highest BCUT2D eigenvalue weighted by molar-refractivity contribution is 6.33. The van der Waals surface area contributed by atoms with E-state index < -0.39 is 29.8 Å². The van der Waals surface area contributed by atoms with Crippen LogP contribution < -0.4 is 5.32 Å². The summed E-state index contributed by atoms with van der Waals surface area (Å²) in [7, 11) is 0. The molecule has 1 aliphatic rings. The lowest BCUT2D eigenvalue weighted by atomic mass is 10.0. The predicted molar refractivity (Wildman–Crippen MR) is 147 cm³/mol. The van der Waals surface area contributed by atoms with Crippen molar-refractivity contribution in [2.75, 3.05) is 11.9 Å². The number of nitriles is 1. The first-order valence-electron chi connectivity index (χ1n) is 12.5. The van der Waals surface area contributed by atoms with E-state index in [0.717, 1.165) is 4.90 Å². The van der Waals surface area contributed by atoms with Crippen LogP contribution >= 0.6 is 11.6 Å². The second-order valence-corrected chi connectivity index (χ2v) is 9.98. The Hall–Kier alpha value is -4.55. The van der Waals surface area contributed by atoms with E-state index in [9.17, 15) is 24.0 Å². The van der Waals surface area contributed by atoms with Gasteiger partial charge in [-0.2, -0.15) is 5.26 Å². The number of carbonyl (C=O) groups is 3. The molecular weight excluding hydrogens is 538 g/mol. The number of ketones is 1. The monoisotopic (exact) mass is 560 g/mol. The lowest BCUT2D eigenvalue weighted by molar-refractivity contribution is -0.137. The van der Waals surface area contributed by atoms with Gasteiger partial charge in [0.2, 0.25) is 11.8 Å². The van der Waals surface area contributed by atoms with Gasteiger partial charge in [0.25, 0.3) is 0 Å². The van der Waals surface area contributed by atoms with Crippen molar-refractivity contribution < 1.29 is 23.2 Å².